The molecule has 0 spiro atoms. The predicted molar refractivity (Wildman–Crippen MR) is 111 cm³/mol. The van der Waals surface area contributed by atoms with Crippen LogP contribution in [0.2, 0.25) is 0 Å². The Morgan fingerprint density at radius 1 is 0.361 bits per heavy atom. The van der Waals surface area contributed by atoms with E-state index in [2.05, 4.69) is 0 Å². The van der Waals surface area contributed by atoms with Crippen molar-refractivity contribution in [2.24, 2.45) is 22.9 Å². The van der Waals surface area contributed by atoms with E-state index in [1.165, 1.54) is 0 Å². The van der Waals surface area contributed by atoms with E-state index in [1.807, 2.05) is 0 Å². The molecule has 0 radical (unpaired) electrons. The molecule has 0 fully saturated rings. The maximum absolute atomic E-state index is 9.85. The molecule has 0 aromatic carbocycles. The summed E-state index contributed by atoms with van der Waals surface area (Å²) in [6.07, 6.45) is -2.13. The van der Waals surface area contributed by atoms with Gasteiger partial charge in [0.05, 0.1) is 25.7 Å². The number of carboxylic acid groups (broad SMARTS) is 8. The quantitative estimate of drug-likeness (QED) is 0.112. The van der Waals surface area contributed by atoms with Crippen molar-refractivity contribution < 1.29 is 79.2 Å². The van der Waals surface area contributed by atoms with Gasteiger partial charge in [-0.25, -0.2) is 0 Å². The molecule has 0 saturated carbocycles. The minimum absolute atomic E-state index is 0.532. The van der Waals surface area contributed by atoms with Crippen molar-refractivity contribution >= 4 is 47.8 Å². The van der Waals surface area contributed by atoms with E-state index in [9.17, 15) is 38.4 Å². The Balaban J connectivity index is -0.000000190. The summed E-state index contributed by atoms with van der Waals surface area (Å²) in [5.74, 6) is -9.99. The number of rotatable bonds is 12. The normalized spacial score (nSPS) is 12.6. The summed E-state index contributed by atoms with van der Waals surface area (Å²) in [6.45, 7) is 0. The average molecular weight is 532 g/mol. The van der Waals surface area contributed by atoms with Crippen LogP contribution in [0.15, 0.2) is 0 Å². The first-order chi connectivity index (χ1) is 16.1. The number of carbonyl (C=O) groups is 8. The second-order valence-corrected chi connectivity index (χ2v) is 6.17. The monoisotopic (exact) mass is 532 g/mol. The summed E-state index contributed by atoms with van der Waals surface area (Å²) in [5.41, 5.74) is 19.3. The van der Waals surface area contributed by atoms with Gasteiger partial charge in [-0.05, 0) is 0 Å². The molecule has 0 aromatic rings. The molecule has 0 aliphatic carbocycles. The second kappa shape index (κ2) is 21.2. The van der Waals surface area contributed by atoms with Crippen LogP contribution < -0.4 is 22.9 Å². The third-order valence-corrected chi connectivity index (χ3v) is 2.85. The molecule has 20 nitrogen and oxygen atoms in total. The lowest BCUT2D eigenvalue weighted by molar-refractivity contribution is -0.144. The van der Waals surface area contributed by atoms with Gasteiger partial charge in [0.15, 0.2) is 0 Å². The summed E-state index contributed by atoms with van der Waals surface area (Å²) in [6, 6.07) is -5.16. The standard InChI is InChI=1S/4C4H7NO4/c4*5-2(4(8)9)1-3(6)7/h4*2H,1,5H2,(H,6,7)(H,8,9)/t4*2-/m0000/s1. The summed E-state index contributed by atoms with van der Waals surface area (Å²) < 4.78 is 0. The SMILES string of the molecule is N[C@@H](CC(=O)O)C(=O)O.N[C@@H](CC(=O)O)C(=O)O.N[C@@H](CC(=O)O)C(=O)O.N[C@@H](CC(=O)O)C(=O)O. The molecule has 0 aliphatic rings. The van der Waals surface area contributed by atoms with Gasteiger partial charge in [-0.15, -0.1) is 0 Å². The molecule has 0 bridgehead atoms. The largest absolute Gasteiger partial charge is 0.481 e. The van der Waals surface area contributed by atoms with Crippen LogP contribution in [0.25, 0.3) is 0 Å². The van der Waals surface area contributed by atoms with Gasteiger partial charge in [0.25, 0.3) is 0 Å². The zero-order chi connectivity index (χ0) is 29.8. The topological polar surface area (TPSA) is 402 Å². The van der Waals surface area contributed by atoms with Crippen LogP contribution in [0.5, 0.6) is 0 Å². The number of hydrogen-bond donors (Lipinski definition) is 12. The first kappa shape index (κ1) is 38.8. The first-order valence-electron chi connectivity index (χ1n) is 8.96. The molecule has 0 aromatic heterocycles. The van der Waals surface area contributed by atoms with Crippen molar-refractivity contribution in [3.63, 3.8) is 0 Å². The van der Waals surface area contributed by atoms with E-state index in [4.69, 9.17) is 63.8 Å². The second-order valence-electron chi connectivity index (χ2n) is 6.17. The van der Waals surface area contributed by atoms with Crippen LogP contribution in [0.1, 0.15) is 25.7 Å². The molecule has 16 N–H and O–H groups in total. The first-order valence-corrected chi connectivity index (χ1v) is 8.96. The molecule has 36 heavy (non-hydrogen) atoms. The van der Waals surface area contributed by atoms with Crippen LogP contribution in [-0.2, 0) is 38.4 Å². The highest BCUT2D eigenvalue weighted by Crippen LogP contribution is 1.88. The van der Waals surface area contributed by atoms with Gasteiger partial charge in [0.2, 0.25) is 0 Å². The molecular formula is C16H28N4O16. The molecule has 0 unspecified atom stereocenters. The van der Waals surface area contributed by atoms with E-state index in [1.54, 1.807) is 0 Å². The third kappa shape index (κ3) is 31.8. The molecule has 208 valence electrons. The van der Waals surface area contributed by atoms with Gasteiger partial charge < -0.3 is 63.8 Å². The van der Waals surface area contributed by atoms with Crippen LogP contribution >= 0.6 is 0 Å². The molecule has 0 aliphatic heterocycles. The molecule has 4 atom stereocenters. The Kier molecular flexibility index (Phi) is 22.8. The maximum Gasteiger partial charge on any atom is 0.321 e. The molecular weight excluding hydrogens is 504 g/mol. The van der Waals surface area contributed by atoms with E-state index < -0.39 is 97.6 Å². The fourth-order valence-electron chi connectivity index (χ4n) is 1.10. The predicted octanol–water partition coefficient (Wildman–Crippen LogP) is -4.51. The molecule has 0 saturated heterocycles. The van der Waals surface area contributed by atoms with Crippen molar-refractivity contribution in [3.8, 4) is 0 Å². The van der Waals surface area contributed by atoms with E-state index in [-0.39, 0.29) is 0 Å². The van der Waals surface area contributed by atoms with Crippen LogP contribution in [0, 0.1) is 0 Å². The maximum atomic E-state index is 9.85. The summed E-state index contributed by atoms with van der Waals surface area (Å²) in [7, 11) is 0. The zero-order valence-electron chi connectivity index (χ0n) is 18.3. The van der Waals surface area contributed by atoms with Crippen molar-refractivity contribution in [3.05, 3.63) is 0 Å². The summed E-state index contributed by atoms with van der Waals surface area (Å²) >= 11 is 0. The lowest BCUT2D eigenvalue weighted by Crippen LogP contribution is -2.32. The summed E-state index contributed by atoms with van der Waals surface area (Å²) in [4.78, 5) is 78.5. The van der Waals surface area contributed by atoms with Crippen molar-refractivity contribution in [2.75, 3.05) is 0 Å². The summed E-state index contributed by atoms with van der Waals surface area (Å²) in [5, 5.41) is 64.1. The van der Waals surface area contributed by atoms with Gasteiger partial charge >= 0.3 is 47.8 Å². The minimum atomic E-state index is -1.29. The number of aliphatic carboxylic acids is 8. The van der Waals surface area contributed by atoms with E-state index in [0.717, 1.165) is 0 Å². The fourth-order valence-corrected chi connectivity index (χ4v) is 1.10. The highest BCUT2D eigenvalue weighted by molar-refractivity contribution is 5.81. The Bertz CT molecular complexity index is 658. The van der Waals surface area contributed by atoms with Crippen LogP contribution in [0.3, 0.4) is 0 Å². The zero-order valence-corrected chi connectivity index (χ0v) is 18.3. The Labute approximate surface area is 200 Å². The van der Waals surface area contributed by atoms with Gasteiger partial charge in [0, 0.05) is 0 Å². The number of carboxylic acids is 8. The Morgan fingerprint density at radius 3 is 0.500 bits per heavy atom. The highest BCUT2D eigenvalue weighted by atomic mass is 16.4. The molecule has 0 rings (SSSR count). The number of hydrogen-bond acceptors (Lipinski definition) is 12. The van der Waals surface area contributed by atoms with Crippen molar-refractivity contribution in [2.45, 2.75) is 49.9 Å². The van der Waals surface area contributed by atoms with Crippen molar-refractivity contribution in [1.82, 2.24) is 0 Å². The van der Waals surface area contributed by atoms with Gasteiger partial charge in [-0.2, -0.15) is 0 Å². The molecule has 0 amide bonds. The average Bonchev–Trinajstić information content (AvgIpc) is 2.67. The number of nitrogens with two attached hydrogens (primary N) is 4. The van der Waals surface area contributed by atoms with Crippen molar-refractivity contribution in [1.29, 1.82) is 0 Å². The lowest BCUT2D eigenvalue weighted by Gasteiger charge is -1.99. The van der Waals surface area contributed by atoms with Crippen LogP contribution in [-0.4, -0.2) is 113 Å². The van der Waals surface area contributed by atoms with Gasteiger partial charge in [-0.3, -0.25) is 38.4 Å². The Hall–Kier alpha value is -4.40. The van der Waals surface area contributed by atoms with E-state index >= 15 is 0 Å². The minimum Gasteiger partial charge on any atom is -0.481 e. The lowest BCUT2D eigenvalue weighted by atomic mass is 10.2. The fraction of sp³-hybridized carbons (Fsp3) is 0.500. The van der Waals surface area contributed by atoms with Gasteiger partial charge in [-0.1, -0.05) is 0 Å². The van der Waals surface area contributed by atoms with Crippen LogP contribution in [0.4, 0.5) is 0 Å². The molecule has 0 heterocycles. The van der Waals surface area contributed by atoms with E-state index in [0.29, 0.717) is 0 Å². The highest BCUT2D eigenvalue weighted by Gasteiger charge is 2.16. The van der Waals surface area contributed by atoms with Gasteiger partial charge in [0.1, 0.15) is 24.2 Å². The third-order valence-electron chi connectivity index (χ3n) is 2.85. The Morgan fingerprint density at radius 2 is 0.472 bits per heavy atom. The molecule has 20 heteroatoms. The smallest absolute Gasteiger partial charge is 0.321 e.